The molecule has 0 spiro atoms. The van der Waals surface area contributed by atoms with Crippen molar-refractivity contribution in [2.24, 2.45) is 0 Å². The van der Waals surface area contributed by atoms with Crippen LogP contribution in [0.2, 0.25) is 0 Å². The van der Waals surface area contributed by atoms with E-state index in [1.165, 1.54) is 19.4 Å². The van der Waals surface area contributed by atoms with Gasteiger partial charge in [0.2, 0.25) is 0 Å². The fourth-order valence-electron chi connectivity index (χ4n) is 1.87. The summed E-state index contributed by atoms with van der Waals surface area (Å²) in [5, 5.41) is 3.47. The van der Waals surface area contributed by atoms with Gasteiger partial charge in [-0.15, -0.1) is 6.42 Å². The van der Waals surface area contributed by atoms with E-state index in [2.05, 4.69) is 43.8 Å². The lowest BCUT2D eigenvalue weighted by molar-refractivity contribution is 0.289. The highest BCUT2D eigenvalue weighted by Gasteiger charge is 2.07. The highest BCUT2D eigenvalue weighted by Crippen LogP contribution is 2.01. The summed E-state index contributed by atoms with van der Waals surface area (Å²) in [6.45, 7) is 12.3. The molecule has 1 N–H and O–H groups in total. The van der Waals surface area contributed by atoms with Gasteiger partial charge in [0, 0.05) is 6.04 Å². The first-order valence-corrected chi connectivity index (χ1v) is 6.62. The van der Waals surface area contributed by atoms with Crippen LogP contribution in [0.4, 0.5) is 0 Å². The maximum atomic E-state index is 5.43. The molecule has 0 saturated carbocycles. The Morgan fingerprint density at radius 3 is 2.31 bits per heavy atom. The van der Waals surface area contributed by atoms with Crippen molar-refractivity contribution in [3.63, 3.8) is 0 Å². The van der Waals surface area contributed by atoms with Crippen molar-refractivity contribution in [3.8, 4) is 12.3 Å². The fourth-order valence-corrected chi connectivity index (χ4v) is 1.87. The van der Waals surface area contributed by atoms with Crippen molar-refractivity contribution < 1.29 is 0 Å². The molecular formula is C14H28N2. The largest absolute Gasteiger partial charge is 0.304 e. The molecule has 94 valence electrons. The molecule has 0 fully saturated rings. The SMILES string of the molecule is C#CC(CC)NC(C)CCCN(CC)CC. The van der Waals surface area contributed by atoms with Gasteiger partial charge < -0.3 is 10.2 Å². The van der Waals surface area contributed by atoms with Crippen molar-refractivity contribution in [2.75, 3.05) is 19.6 Å². The number of rotatable bonds is 9. The molecule has 2 heteroatoms. The zero-order valence-corrected chi connectivity index (χ0v) is 11.4. The standard InChI is InChI=1S/C14H28N2/c1-6-14(7-2)15-13(5)11-10-12-16(8-3)9-4/h1,13-15H,7-12H2,2-5H3. The normalized spacial score (nSPS) is 14.8. The average molecular weight is 224 g/mol. The van der Waals surface area contributed by atoms with Crippen LogP contribution in [0.1, 0.15) is 47.0 Å². The van der Waals surface area contributed by atoms with Gasteiger partial charge in [-0.1, -0.05) is 26.7 Å². The quantitative estimate of drug-likeness (QED) is 0.605. The first-order chi connectivity index (χ1) is 7.67. The lowest BCUT2D eigenvalue weighted by atomic mass is 10.1. The topological polar surface area (TPSA) is 15.3 Å². The van der Waals surface area contributed by atoms with Gasteiger partial charge in [0.25, 0.3) is 0 Å². The molecular weight excluding hydrogens is 196 g/mol. The molecule has 0 radical (unpaired) electrons. The molecule has 0 rings (SSSR count). The molecule has 0 aliphatic heterocycles. The lowest BCUT2D eigenvalue weighted by Crippen LogP contribution is -2.35. The van der Waals surface area contributed by atoms with Crippen molar-refractivity contribution in [3.05, 3.63) is 0 Å². The minimum absolute atomic E-state index is 0.239. The number of nitrogens with zero attached hydrogens (tertiary/aromatic N) is 1. The Bertz CT molecular complexity index is 191. The third kappa shape index (κ3) is 6.87. The molecule has 2 atom stereocenters. The Morgan fingerprint density at radius 1 is 1.25 bits per heavy atom. The van der Waals surface area contributed by atoms with Gasteiger partial charge in [-0.05, 0) is 45.8 Å². The van der Waals surface area contributed by atoms with Crippen LogP contribution in [0, 0.1) is 12.3 Å². The van der Waals surface area contributed by atoms with Gasteiger partial charge in [0.15, 0.2) is 0 Å². The molecule has 2 unspecified atom stereocenters. The molecule has 2 nitrogen and oxygen atoms in total. The Hall–Kier alpha value is -0.520. The molecule has 0 amide bonds. The predicted molar refractivity (Wildman–Crippen MR) is 72.5 cm³/mol. The Balaban J connectivity index is 3.65. The predicted octanol–water partition coefficient (Wildman–Crippen LogP) is 2.50. The third-order valence-electron chi connectivity index (χ3n) is 3.10. The lowest BCUT2D eigenvalue weighted by Gasteiger charge is -2.21. The van der Waals surface area contributed by atoms with Crippen LogP contribution >= 0.6 is 0 Å². The molecule has 16 heavy (non-hydrogen) atoms. The van der Waals surface area contributed by atoms with Crippen LogP contribution in [0.25, 0.3) is 0 Å². The van der Waals surface area contributed by atoms with E-state index in [1.807, 2.05) is 0 Å². The second-order valence-corrected chi connectivity index (χ2v) is 4.36. The second-order valence-electron chi connectivity index (χ2n) is 4.36. The summed E-state index contributed by atoms with van der Waals surface area (Å²) in [6, 6.07) is 0.764. The average Bonchev–Trinajstić information content (AvgIpc) is 2.31. The maximum Gasteiger partial charge on any atom is 0.0686 e. The summed E-state index contributed by atoms with van der Waals surface area (Å²) < 4.78 is 0. The monoisotopic (exact) mass is 224 g/mol. The first kappa shape index (κ1) is 15.5. The van der Waals surface area contributed by atoms with E-state index < -0.39 is 0 Å². The molecule has 0 aromatic carbocycles. The second kappa shape index (κ2) is 9.69. The Labute approximate surface area is 102 Å². The molecule has 0 aromatic rings. The third-order valence-corrected chi connectivity index (χ3v) is 3.10. The minimum atomic E-state index is 0.239. The van der Waals surface area contributed by atoms with Crippen LogP contribution in [-0.2, 0) is 0 Å². The molecule has 0 heterocycles. The summed E-state index contributed by atoms with van der Waals surface area (Å²) in [7, 11) is 0. The van der Waals surface area contributed by atoms with E-state index in [0.717, 1.165) is 19.5 Å². The zero-order valence-electron chi connectivity index (χ0n) is 11.4. The van der Waals surface area contributed by atoms with Crippen molar-refractivity contribution in [1.29, 1.82) is 0 Å². The van der Waals surface area contributed by atoms with E-state index in [9.17, 15) is 0 Å². The van der Waals surface area contributed by atoms with Crippen LogP contribution in [0.3, 0.4) is 0 Å². The molecule has 0 aliphatic rings. The van der Waals surface area contributed by atoms with Gasteiger partial charge in [0.1, 0.15) is 0 Å². The number of hydrogen-bond acceptors (Lipinski definition) is 2. The molecule has 0 saturated heterocycles. The number of nitrogens with one attached hydrogen (secondary N) is 1. The maximum absolute atomic E-state index is 5.43. The van der Waals surface area contributed by atoms with E-state index in [0.29, 0.717) is 6.04 Å². The van der Waals surface area contributed by atoms with Gasteiger partial charge in [-0.3, -0.25) is 0 Å². The Morgan fingerprint density at radius 2 is 1.88 bits per heavy atom. The summed E-state index contributed by atoms with van der Waals surface area (Å²) in [4.78, 5) is 2.46. The smallest absolute Gasteiger partial charge is 0.0686 e. The summed E-state index contributed by atoms with van der Waals surface area (Å²) in [6.07, 6.45) is 8.89. The minimum Gasteiger partial charge on any atom is -0.304 e. The highest BCUT2D eigenvalue weighted by atomic mass is 15.1. The van der Waals surface area contributed by atoms with E-state index >= 15 is 0 Å². The van der Waals surface area contributed by atoms with Gasteiger partial charge in [-0.25, -0.2) is 0 Å². The van der Waals surface area contributed by atoms with Crippen molar-refractivity contribution >= 4 is 0 Å². The summed E-state index contributed by atoms with van der Waals surface area (Å²) in [5.41, 5.74) is 0. The Kier molecular flexibility index (Phi) is 9.37. The van der Waals surface area contributed by atoms with E-state index in [-0.39, 0.29) is 6.04 Å². The fraction of sp³-hybridized carbons (Fsp3) is 0.857. The van der Waals surface area contributed by atoms with Gasteiger partial charge in [-0.2, -0.15) is 0 Å². The summed E-state index contributed by atoms with van der Waals surface area (Å²) >= 11 is 0. The van der Waals surface area contributed by atoms with E-state index in [1.54, 1.807) is 0 Å². The van der Waals surface area contributed by atoms with Gasteiger partial charge >= 0.3 is 0 Å². The number of terminal acetylenes is 1. The molecule has 0 aromatic heterocycles. The molecule has 0 bridgehead atoms. The highest BCUT2D eigenvalue weighted by molar-refractivity contribution is 4.98. The summed E-state index contributed by atoms with van der Waals surface area (Å²) in [5.74, 6) is 2.78. The van der Waals surface area contributed by atoms with Crippen molar-refractivity contribution in [2.45, 2.75) is 59.0 Å². The van der Waals surface area contributed by atoms with Gasteiger partial charge in [0.05, 0.1) is 6.04 Å². The zero-order chi connectivity index (χ0) is 12.4. The molecule has 0 aliphatic carbocycles. The van der Waals surface area contributed by atoms with Crippen LogP contribution in [0.15, 0.2) is 0 Å². The van der Waals surface area contributed by atoms with Crippen LogP contribution in [0.5, 0.6) is 0 Å². The van der Waals surface area contributed by atoms with E-state index in [4.69, 9.17) is 6.42 Å². The first-order valence-electron chi connectivity index (χ1n) is 6.62. The van der Waals surface area contributed by atoms with Crippen LogP contribution < -0.4 is 5.32 Å². The van der Waals surface area contributed by atoms with Crippen molar-refractivity contribution in [1.82, 2.24) is 10.2 Å². The van der Waals surface area contributed by atoms with Crippen LogP contribution in [-0.4, -0.2) is 36.6 Å². The number of hydrogen-bond donors (Lipinski definition) is 1.